The van der Waals surface area contributed by atoms with Crippen LogP contribution in [-0.4, -0.2) is 38.7 Å². The fraction of sp³-hybridized carbons (Fsp3) is 0.297. The van der Waals surface area contributed by atoms with E-state index in [1.165, 1.54) is 11.1 Å². The molecule has 6 rings (SSSR count). The van der Waals surface area contributed by atoms with Crippen LogP contribution in [0.3, 0.4) is 0 Å². The zero-order valence-electron chi connectivity index (χ0n) is 25.8. The van der Waals surface area contributed by atoms with Crippen LogP contribution in [-0.2, 0) is 25.9 Å². The van der Waals surface area contributed by atoms with E-state index < -0.39 is 0 Å². The molecule has 0 saturated carbocycles. The van der Waals surface area contributed by atoms with E-state index in [1.807, 2.05) is 36.4 Å². The highest BCUT2D eigenvalue weighted by atomic mass is 32.1. The average Bonchev–Trinajstić information content (AvgIpc) is 3.63. The lowest BCUT2D eigenvalue weighted by Crippen LogP contribution is -2.40. The number of allylic oxidation sites excluding steroid dienone is 2. The molecule has 4 atom stereocenters. The summed E-state index contributed by atoms with van der Waals surface area (Å²) in [5, 5.41) is 17.3. The van der Waals surface area contributed by atoms with Crippen LogP contribution in [0.4, 0.5) is 0 Å². The molecule has 8 heteroatoms. The van der Waals surface area contributed by atoms with Crippen molar-refractivity contribution in [3.63, 3.8) is 0 Å². The maximum Gasteiger partial charge on any atom is 0.167 e. The number of nitrogens with zero attached hydrogens (tertiary/aromatic N) is 4. The fourth-order valence-electron chi connectivity index (χ4n) is 6.27. The molecule has 0 saturated heterocycles. The van der Waals surface area contributed by atoms with Crippen molar-refractivity contribution in [2.75, 3.05) is 7.11 Å². The molecule has 0 amide bonds. The molecule has 2 aliphatic rings. The van der Waals surface area contributed by atoms with E-state index in [-0.39, 0.29) is 23.4 Å². The highest BCUT2D eigenvalue weighted by Crippen LogP contribution is 2.41. The molecule has 0 radical (unpaired) electrons. The van der Waals surface area contributed by atoms with E-state index in [0.29, 0.717) is 18.2 Å². The molecule has 0 spiro atoms. The Morgan fingerprint density at radius 2 is 1.64 bits per heavy atom. The number of methoxy groups -OCH3 is 1. The van der Waals surface area contributed by atoms with Gasteiger partial charge < -0.3 is 19.9 Å². The molecule has 1 aromatic heterocycles. The van der Waals surface area contributed by atoms with Crippen LogP contribution in [0.1, 0.15) is 47.7 Å². The number of rotatable bonds is 12. The Kier molecular flexibility index (Phi) is 9.50. The van der Waals surface area contributed by atoms with Crippen LogP contribution < -0.4 is 15.4 Å². The lowest BCUT2D eigenvalue weighted by molar-refractivity contribution is 0.349. The number of hydrogen-bond donors (Lipinski definition) is 2. The van der Waals surface area contributed by atoms with Gasteiger partial charge in [0.2, 0.25) is 0 Å². The van der Waals surface area contributed by atoms with Gasteiger partial charge in [0.25, 0.3) is 0 Å². The molecule has 4 unspecified atom stereocenters. The summed E-state index contributed by atoms with van der Waals surface area (Å²) in [6, 6.07) is 28.8. The van der Waals surface area contributed by atoms with Crippen LogP contribution in [0.25, 0.3) is 0 Å². The highest BCUT2D eigenvalue weighted by molar-refractivity contribution is 7.80. The second kappa shape index (κ2) is 14.0. The van der Waals surface area contributed by atoms with Crippen LogP contribution >= 0.6 is 12.2 Å². The molecule has 0 fully saturated rings. The first-order chi connectivity index (χ1) is 22.0. The van der Waals surface area contributed by atoms with E-state index in [0.717, 1.165) is 42.2 Å². The number of hydrogen-bond acceptors (Lipinski definition) is 5. The zero-order valence-corrected chi connectivity index (χ0v) is 26.7. The minimum Gasteiger partial charge on any atom is -0.497 e. The molecule has 230 valence electrons. The van der Waals surface area contributed by atoms with Crippen molar-refractivity contribution >= 4 is 23.5 Å². The van der Waals surface area contributed by atoms with Gasteiger partial charge in [-0.15, -0.1) is 10.2 Å². The van der Waals surface area contributed by atoms with Gasteiger partial charge in [0.1, 0.15) is 11.6 Å². The van der Waals surface area contributed by atoms with Gasteiger partial charge in [-0.3, -0.25) is 4.99 Å². The Labute approximate surface area is 271 Å². The molecular weight excluding hydrogens is 577 g/mol. The Morgan fingerprint density at radius 3 is 2.38 bits per heavy atom. The first kappa shape index (κ1) is 30.5. The molecule has 1 aliphatic heterocycles. The van der Waals surface area contributed by atoms with Crippen molar-refractivity contribution in [3.05, 3.63) is 138 Å². The summed E-state index contributed by atoms with van der Waals surface area (Å²) >= 11 is 5.88. The quantitative estimate of drug-likeness (QED) is 0.179. The van der Waals surface area contributed by atoms with Crippen LogP contribution in [0, 0.1) is 11.8 Å². The van der Waals surface area contributed by atoms with Gasteiger partial charge in [-0.1, -0.05) is 97.1 Å². The second-order valence-electron chi connectivity index (χ2n) is 11.9. The number of fused-ring (bicyclic) bond motifs is 1. The molecule has 1 aliphatic carbocycles. The summed E-state index contributed by atoms with van der Waals surface area (Å²) < 4.78 is 7.68. The number of aryl methyl sites for hydroxylation is 2. The number of aliphatic imine (C=N–C) groups is 1. The molecule has 2 N–H and O–H groups in total. The maximum absolute atomic E-state index is 5.88. The third-order valence-electron chi connectivity index (χ3n) is 8.80. The van der Waals surface area contributed by atoms with Crippen molar-refractivity contribution in [1.82, 2.24) is 25.4 Å². The smallest absolute Gasteiger partial charge is 0.167 e. The lowest BCUT2D eigenvalue weighted by atomic mass is 9.76. The number of thiocarbonyl (C=S) groups is 1. The molecule has 3 aromatic carbocycles. The Balaban J connectivity index is 1.30. The number of nitrogens with one attached hydrogen (secondary N) is 2. The third-order valence-corrected chi connectivity index (χ3v) is 9.06. The highest BCUT2D eigenvalue weighted by Gasteiger charge is 2.42. The summed E-state index contributed by atoms with van der Waals surface area (Å²) in [6.07, 6.45) is 13.3. The first-order valence-corrected chi connectivity index (χ1v) is 16.0. The first-order valence-electron chi connectivity index (χ1n) is 15.6. The van der Waals surface area contributed by atoms with E-state index >= 15 is 0 Å². The van der Waals surface area contributed by atoms with Gasteiger partial charge in [-0.2, -0.15) is 0 Å². The molecular formula is C37H40N6OS. The van der Waals surface area contributed by atoms with Crippen molar-refractivity contribution in [1.29, 1.82) is 0 Å². The number of aromatic nitrogens is 3. The predicted molar refractivity (Wildman–Crippen MR) is 184 cm³/mol. The summed E-state index contributed by atoms with van der Waals surface area (Å²) in [5.41, 5.74) is 3.37. The monoisotopic (exact) mass is 616 g/mol. The van der Waals surface area contributed by atoms with Gasteiger partial charge in [-0.05, 0) is 60.8 Å². The van der Waals surface area contributed by atoms with Gasteiger partial charge >= 0.3 is 0 Å². The summed E-state index contributed by atoms with van der Waals surface area (Å²) in [7, 11) is 1.69. The Hall–Kier alpha value is -4.56. The minimum absolute atomic E-state index is 0.185. The third kappa shape index (κ3) is 7.40. The largest absolute Gasteiger partial charge is 0.497 e. The van der Waals surface area contributed by atoms with Crippen molar-refractivity contribution in [2.45, 2.75) is 50.9 Å². The minimum atomic E-state index is -0.229. The van der Waals surface area contributed by atoms with Crippen molar-refractivity contribution in [3.8, 4) is 5.75 Å². The fourth-order valence-corrected chi connectivity index (χ4v) is 6.48. The molecule has 4 aromatic rings. The van der Waals surface area contributed by atoms with E-state index in [2.05, 4.69) is 101 Å². The standard InChI is InChI=1S/C37H40N6OS/c1-37-22-10-9-15-32(37)30(25-39-37)23-33(40-36(45)38-24-28-13-7-4-8-14-28)35-42-41-34(21-18-27-11-5-3-6-12-27)43(35)26-29-16-19-31(44-2)20-17-29/h3-17,19-20,22,25,30,32-33H,18,21,23-24,26H2,1-2H3,(H2,38,40,45). The van der Waals surface area contributed by atoms with Crippen LogP contribution in [0.2, 0.25) is 0 Å². The van der Waals surface area contributed by atoms with Crippen LogP contribution in [0.5, 0.6) is 5.75 Å². The van der Waals surface area contributed by atoms with Crippen molar-refractivity contribution < 1.29 is 4.74 Å². The molecule has 2 heterocycles. The van der Waals surface area contributed by atoms with E-state index in [1.54, 1.807) is 7.11 Å². The maximum atomic E-state index is 5.88. The zero-order chi connectivity index (χ0) is 31.1. The van der Waals surface area contributed by atoms with Gasteiger partial charge in [-0.25, -0.2) is 0 Å². The summed E-state index contributed by atoms with van der Waals surface area (Å²) in [5.74, 6) is 3.14. The lowest BCUT2D eigenvalue weighted by Gasteiger charge is -2.31. The van der Waals surface area contributed by atoms with E-state index in [4.69, 9.17) is 32.1 Å². The normalized spacial score (nSPS) is 20.5. The Bertz CT molecular complexity index is 1660. The van der Waals surface area contributed by atoms with E-state index in [9.17, 15) is 0 Å². The van der Waals surface area contributed by atoms with Gasteiger partial charge in [0.15, 0.2) is 10.9 Å². The Morgan fingerprint density at radius 1 is 0.911 bits per heavy atom. The molecule has 45 heavy (non-hydrogen) atoms. The average molecular weight is 617 g/mol. The summed E-state index contributed by atoms with van der Waals surface area (Å²) in [6.45, 7) is 3.48. The molecule has 7 nitrogen and oxygen atoms in total. The SMILES string of the molecule is COc1ccc(Cn2c(CCc3ccccc3)nnc2C(CC2C=NC3(C)C=CC=CC23)NC(=S)NCc2ccccc2)cc1. The second-order valence-corrected chi connectivity index (χ2v) is 12.3. The van der Waals surface area contributed by atoms with Gasteiger partial charge in [0.05, 0.1) is 25.2 Å². The predicted octanol–water partition coefficient (Wildman–Crippen LogP) is 6.42. The van der Waals surface area contributed by atoms with Crippen molar-refractivity contribution in [2.24, 2.45) is 16.8 Å². The topological polar surface area (TPSA) is 76.4 Å². The number of ether oxygens (including phenoxy) is 1. The molecule has 0 bridgehead atoms. The van der Waals surface area contributed by atoms with Crippen LogP contribution in [0.15, 0.2) is 114 Å². The number of benzene rings is 3. The summed E-state index contributed by atoms with van der Waals surface area (Å²) in [4.78, 5) is 4.95. The van der Waals surface area contributed by atoms with Gasteiger partial charge in [0, 0.05) is 31.0 Å².